The van der Waals surface area contributed by atoms with Crippen molar-refractivity contribution in [3.05, 3.63) is 70.5 Å². The number of anilines is 1. The predicted molar refractivity (Wildman–Crippen MR) is 124 cm³/mol. The van der Waals surface area contributed by atoms with Gasteiger partial charge in [-0.1, -0.05) is 11.2 Å². The number of carboxylic acids is 1. The third kappa shape index (κ3) is 4.27. The van der Waals surface area contributed by atoms with E-state index >= 15 is 0 Å². The molecule has 194 valence electrons. The molecular weight excluding hydrogens is 492 g/mol. The van der Waals surface area contributed by atoms with E-state index in [2.05, 4.69) is 5.16 Å². The minimum Gasteiger partial charge on any atom is -0.478 e. The van der Waals surface area contributed by atoms with Gasteiger partial charge in [-0.25, -0.2) is 22.4 Å². The van der Waals surface area contributed by atoms with Crippen molar-refractivity contribution >= 4 is 11.7 Å². The van der Waals surface area contributed by atoms with E-state index in [1.807, 2.05) is 0 Å². The van der Waals surface area contributed by atoms with Crippen LogP contribution in [0.15, 0.2) is 34.9 Å². The zero-order valence-electron chi connectivity index (χ0n) is 19.7. The molecule has 6 rings (SSSR count). The van der Waals surface area contributed by atoms with E-state index in [9.17, 15) is 22.4 Å². The fourth-order valence-corrected chi connectivity index (χ4v) is 5.81. The van der Waals surface area contributed by atoms with Crippen LogP contribution in [0.5, 0.6) is 0 Å². The van der Waals surface area contributed by atoms with Crippen molar-refractivity contribution in [1.82, 2.24) is 5.16 Å². The lowest BCUT2D eigenvalue weighted by Crippen LogP contribution is -2.46. The largest absolute Gasteiger partial charge is 0.478 e. The second-order valence-corrected chi connectivity index (χ2v) is 10.0. The van der Waals surface area contributed by atoms with Crippen molar-refractivity contribution in [3.63, 3.8) is 0 Å². The van der Waals surface area contributed by atoms with E-state index < -0.39 is 34.8 Å². The van der Waals surface area contributed by atoms with Gasteiger partial charge in [-0.15, -0.1) is 0 Å². The quantitative estimate of drug-likeness (QED) is 0.378. The number of carbonyl (C=O) groups is 1. The molecule has 1 aromatic heterocycles. The first kappa shape index (κ1) is 24.0. The van der Waals surface area contributed by atoms with Crippen LogP contribution in [0.4, 0.5) is 23.2 Å². The van der Waals surface area contributed by atoms with Gasteiger partial charge in [0.1, 0.15) is 40.4 Å². The SMILES string of the molecule is O=C(O)c1cc(F)c(N2C3CCC2CC(OCc2c(-c4c(F)cccc4F)noc2C2CC2)C3)c(F)c1. The first-order chi connectivity index (χ1) is 17.8. The number of benzene rings is 2. The highest BCUT2D eigenvalue weighted by atomic mass is 19.1. The van der Waals surface area contributed by atoms with Crippen LogP contribution in [0, 0.1) is 23.3 Å². The van der Waals surface area contributed by atoms with Gasteiger partial charge in [0.05, 0.1) is 23.8 Å². The monoisotopic (exact) mass is 516 g/mol. The molecule has 1 aliphatic carbocycles. The second kappa shape index (κ2) is 9.16. The number of hydrogen-bond donors (Lipinski definition) is 1. The standard InChI is InChI=1S/C27H24F4N2O4/c28-19-2-1-3-20(29)23(19)24-18(26(37-32-24)13-4-5-13)12-36-17-10-15-6-7-16(11-17)33(15)25-21(30)8-14(27(34)35)9-22(25)31/h1-3,8-9,13,15-17H,4-7,10-12H2,(H,34,35). The Morgan fingerprint density at radius 1 is 1.00 bits per heavy atom. The Balaban J connectivity index is 1.22. The molecule has 0 radical (unpaired) electrons. The summed E-state index contributed by atoms with van der Waals surface area (Å²) in [5.41, 5.74) is -0.263. The van der Waals surface area contributed by atoms with E-state index in [1.54, 1.807) is 4.90 Å². The van der Waals surface area contributed by atoms with Crippen molar-refractivity contribution in [1.29, 1.82) is 0 Å². The number of nitrogens with zero attached hydrogens (tertiary/aromatic N) is 2. The minimum absolute atomic E-state index is 0.0541. The maximum atomic E-state index is 14.8. The number of aromatic carboxylic acids is 1. The molecule has 3 fully saturated rings. The van der Waals surface area contributed by atoms with Crippen molar-refractivity contribution in [2.24, 2.45) is 0 Å². The molecule has 2 atom stereocenters. The molecule has 10 heteroatoms. The van der Waals surface area contributed by atoms with Gasteiger partial charge in [-0.2, -0.15) is 0 Å². The summed E-state index contributed by atoms with van der Waals surface area (Å²) in [7, 11) is 0. The molecule has 37 heavy (non-hydrogen) atoms. The summed E-state index contributed by atoms with van der Waals surface area (Å²) >= 11 is 0. The van der Waals surface area contributed by atoms with Gasteiger partial charge in [-0.05, 0) is 62.8 Å². The lowest BCUT2D eigenvalue weighted by Gasteiger charge is -2.40. The van der Waals surface area contributed by atoms with Gasteiger partial charge in [0, 0.05) is 23.6 Å². The zero-order chi connectivity index (χ0) is 25.8. The van der Waals surface area contributed by atoms with Crippen LogP contribution in [0.1, 0.15) is 66.1 Å². The number of carboxylic acid groups (broad SMARTS) is 1. The summed E-state index contributed by atoms with van der Waals surface area (Å²) in [6, 6.07) is 4.95. The Morgan fingerprint density at radius 2 is 1.62 bits per heavy atom. The molecule has 0 spiro atoms. The lowest BCUT2D eigenvalue weighted by atomic mass is 9.97. The van der Waals surface area contributed by atoms with Crippen molar-refractivity contribution < 1.29 is 36.7 Å². The topological polar surface area (TPSA) is 75.8 Å². The smallest absolute Gasteiger partial charge is 0.335 e. The van der Waals surface area contributed by atoms with Gasteiger partial charge in [0.2, 0.25) is 0 Å². The van der Waals surface area contributed by atoms with Crippen LogP contribution in [0.25, 0.3) is 11.3 Å². The van der Waals surface area contributed by atoms with Crippen molar-refractivity contribution in [3.8, 4) is 11.3 Å². The summed E-state index contributed by atoms with van der Waals surface area (Å²) in [5.74, 6) is -3.93. The third-order valence-electron chi connectivity index (χ3n) is 7.64. The number of piperidine rings is 1. The highest BCUT2D eigenvalue weighted by molar-refractivity contribution is 5.88. The molecule has 3 aromatic rings. The number of fused-ring (bicyclic) bond motifs is 2. The first-order valence-corrected chi connectivity index (χ1v) is 12.4. The van der Waals surface area contributed by atoms with Crippen LogP contribution in [0.2, 0.25) is 0 Å². The zero-order valence-corrected chi connectivity index (χ0v) is 19.7. The van der Waals surface area contributed by atoms with E-state index in [0.717, 1.165) is 37.8 Å². The number of rotatable bonds is 7. The van der Waals surface area contributed by atoms with E-state index in [0.29, 0.717) is 24.2 Å². The van der Waals surface area contributed by atoms with Gasteiger partial charge in [0.15, 0.2) is 0 Å². The average Bonchev–Trinajstić information content (AvgIpc) is 3.56. The van der Waals surface area contributed by atoms with Crippen LogP contribution < -0.4 is 4.90 Å². The van der Waals surface area contributed by atoms with Gasteiger partial charge < -0.3 is 19.3 Å². The van der Waals surface area contributed by atoms with Crippen LogP contribution in [0.3, 0.4) is 0 Å². The maximum absolute atomic E-state index is 14.8. The van der Waals surface area contributed by atoms with E-state index in [1.165, 1.54) is 18.2 Å². The lowest BCUT2D eigenvalue weighted by molar-refractivity contribution is 0.0145. The molecule has 2 aromatic carbocycles. The Labute approximate surface area is 209 Å². The van der Waals surface area contributed by atoms with Crippen LogP contribution >= 0.6 is 0 Å². The highest BCUT2D eigenvalue weighted by Crippen LogP contribution is 2.46. The fraction of sp³-hybridized carbons (Fsp3) is 0.407. The maximum Gasteiger partial charge on any atom is 0.335 e. The van der Waals surface area contributed by atoms with Crippen LogP contribution in [-0.4, -0.2) is 34.4 Å². The molecule has 0 amide bonds. The molecule has 2 saturated heterocycles. The number of aromatic nitrogens is 1. The van der Waals surface area contributed by atoms with Crippen molar-refractivity contribution in [2.45, 2.75) is 69.2 Å². The normalized spacial score (nSPS) is 23.0. The number of halogens is 4. The van der Waals surface area contributed by atoms with Gasteiger partial charge >= 0.3 is 5.97 Å². The molecule has 3 heterocycles. The highest BCUT2D eigenvalue weighted by Gasteiger charge is 2.44. The second-order valence-electron chi connectivity index (χ2n) is 10.0. The Morgan fingerprint density at radius 3 is 2.19 bits per heavy atom. The van der Waals surface area contributed by atoms with E-state index in [4.69, 9.17) is 14.4 Å². The molecule has 3 aliphatic rings. The Hall–Kier alpha value is -3.40. The van der Waals surface area contributed by atoms with Crippen molar-refractivity contribution in [2.75, 3.05) is 4.90 Å². The fourth-order valence-electron chi connectivity index (χ4n) is 5.81. The first-order valence-electron chi connectivity index (χ1n) is 12.4. The molecule has 2 unspecified atom stereocenters. The summed E-state index contributed by atoms with van der Waals surface area (Å²) in [4.78, 5) is 12.9. The van der Waals surface area contributed by atoms with Gasteiger partial charge in [-0.3, -0.25) is 0 Å². The molecular formula is C27H24F4N2O4. The summed E-state index contributed by atoms with van der Waals surface area (Å²) in [6.45, 7) is 0.0541. The number of ether oxygens (including phenoxy) is 1. The summed E-state index contributed by atoms with van der Waals surface area (Å²) < 4.78 is 70.4. The summed E-state index contributed by atoms with van der Waals surface area (Å²) in [6.07, 6.45) is 4.02. The molecule has 6 nitrogen and oxygen atoms in total. The molecule has 2 aliphatic heterocycles. The van der Waals surface area contributed by atoms with E-state index in [-0.39, 0.29) is 47.7 Å². The third-order valence-corrected chi connectivity index (χ3v) is 7.64. The molecule has 1 N–H and O–H groups in total. The van der Waals surface area contributed by atoms with Gasteiger partial charge in [0.25, 0.3) is 0 Å². The predicted octanol–water partition coefficient (Wildman–Crippen LogP) is 6.19. The Bertz CT molecular complexity index is 1320. The average molecular weight is 516 g/mol. The number of hydrogen-bond acceptors (Lipinski definition) is 5. The summed E-state index contributed by atoms with van der Waals surface area (Å²) in [5, 5.41) is 13.1. The van der Waals surface area contributed by atoms with Crippen LogP contribution in [-0.2, 0) is 11.3 Å². The Kier molecular flexibility index (Phi) is 5.94. The molecule has 2 bridgehead atoms. The minimum atomic E-state index is -1.40. The molecule has 1 saturated carbocycles.